The molecule has 1 aromatic carbocycles. The Labute approximate surface area is 216 Å². The number of benzene rings is 1. The number of carbonyl (C=O) groups is 3. The van der Waals surface area contributed by atoms with Gasteiger partial charge in [0, 0.05) is 6.04 Å². The van der Waals surface area contributed by atoms with Crippen LogP contribution in [0.25, 0.3) is 0 Å². The summed E-state index contributed by atoms with van der Waals surface area (Å²) in [5.74, 6) is -0.787. The highest BCUT2D eigenvalue weighted by Crippen LogP contribution is 2.27. The van der Waals surface area contributed by atoms with E-state index in [0.717, 1.165) is 24.0 Å². The molecule has 0 saturated carbocycles. The molecule has 0 spiro atoms. The van der Waals surface area contributed by atoms with Crippen molar-refractivity contribution in [1.82, 2.24) is 15.5 Å². The van der Waals surface area contributed by atoms with Gasteiger partial charge in [0.2, 0.25) is 11.8 Å². The summed E-state index contributed by atoms with van der Waals surface area (Å²) in [5, 5.41) is 15.4. The lowest BCUT2D eigenvalue weighted by Crippen LogP contribution is -2.54. The number of carbonyl (C=O) groups excluding carboxylic acids is 3. The van der Waals surface area contributed by atoms with Crippen LogP contribution < -0.4 is 10.6 Å². The largest absolute Gasteiger partial charge is 0.444 e. The molecule has 0 radical (unpaired) electrons. The van der Waals surface area contributed by atoms with Crippen LogP contribution in [0.4, 0.5) is 4.79 Å². The van der Waals surface area contributed by atoms with E-state index in [0.29, 0.717) is 12.0 Å². The van der Waals surface area contributed by atoms with E-state index in [2.05, 4.69) is 10.6 Å². The summed E-state index contributed by atoms with van der Waals surface area (Å²) in [5.41, 5.74) is 1.68. The number of nitriles is 1. The third-order valence-corrected chi connectivity index (χ3v) is 5.62. The summed E-state index contributed by atoms with van der Waals surface area (Å²) in [4.78, 5) is 41.4. The Kier molecular flexibility index (Phi) is 11.9. The first-order chi connectivity index (χ1) is 16.7. The molecule has 0 aliphatic heterocycles. The lowest BCUT2D eigenvalue weighted by molar-refractivity contribution is -0.142. The summed E-state index contributed by atoms with van der Waals surface area (Å²) in [7, 11) is 0. The summed E-state index contributed by atoms with van der Waals surface area (Å²) in [6.45, 7) is 16.5. The second kappa shape index (κ2) is 13.9. The smallest absolute Gasteiger partial charge is 0.408 e. The molecule has 3 unspecified atom stereocenters. The number of amides is 3. The topological polar surface area (TPSA) is 112 Å². The maximum atomic E-state index is 13.9. The van der Waals surface area contributed by atoms with Gasteiger partial charge < -0.3 is 20.3 Å². The van der Waals surface area contributed by atoms with Gasteiger partial charge in [0.1, 0.15) is 24.2 Å². The van der Waals surface area contributed by atoms with Crippen molar-refractivity contribution in [2.45, 2.75) is 105 Å². The van der Waals surface area contributed by atoms with Crippen LogP contribution in [-0.2, 0) is 14.3 Å². The fraction of sp³-hybridized carbons (Fsp3) is 0.643. The highest BCUT2D eigenvalue weighted by atomic mass is 16.6. The molecule has 3 atom stereocenters. The molecule has 0 aliphatic rings. The molecule has 8 heteroatoms. The van der Waals surface area contributed by atoms with Crippen molar-refractivity contribution in [2.24, 2.45) is 5.92 Å². The molecule has 0 heterocycles. The molecule has 8 nitrogen and oxygen atoms in total. The number of rotatable bonds is 11. The lowest BCUT2D eigenvalue weighted by atomic mass is 9.95. The van der Waals surface area contributed by atoms with Gasteiger partial charge in [-0.3, -0.25) is 9.59 Å². The maximum absolute atomic E-state index is 13.9. The van der Waals surface area contributed by atoms with Crippen molar-refractivity contribution in [1.29, 1.82) is 5.26 Å². The predicted molar refractivity (Wildman–Crippen MR) is 141 cm³/mol. The molecular weight excluding hydrogens is 456 g/mol. The van der Waals surface area contributed by atoms with Crippen LogP contribution in [0.15, 0.2) is 18.2 Å². The van der Waals surface area contributed by atoms with Gasteiger partial charge in [0.25, 0.3) is 0 Å². The third kappa shape index (κ3) is 9.88. The summed E-state index contributed by atoms with van der Waals surface area (Å²) < 4.78 is 5.38. The third-order valence-electron chi connectivity index (χ3n) is 5.62. The molecule has 1 rings (SSSR count). The molecule has 200 valence electrons. The van der Waals surface area contributed by atoms with Crippen LogP contribution >= 0.6 is 0 Å². The predicted octanol–water partition coefficient (Wildman–Crippen LogP) is 4.94. The Morgan fingerprint density at radius 3 is 2.28 bits per heavy atom. The zero-order chi connectivity index (χ0) is 27.6. The van der Waals surface area contributed by atoms with E-state index >= 15 is 0 Å². The average Bonchev–Trinajstić information content (AvgIpc) is 2.73. The molecule has 2 N–H and O–H groups in total. The fourth-order valence-corrected chi connectivity index (χ4v) is 4.05. The number of hydrogen-bond acceptors (Lipinski definition) is 5. The van der Waals surface area contributed by atoms with Crippen LogP contribution in [0.3, 0.4) is 0 Å². The summed E-state index contributed by atoms with van der Waals surface area (Å²) in [6.07, 6.45) is 1.29. The number of ether oxygens (including phenoxy) is 1. The molecule has 0 bridgehead atoms. The first kappa shape index (κ1) is 31.0. The van der Waals surface area contributed by atoms with Gasteiger partial charge >= 0.3 is 6.09 Å². The van der Waals surface area contributed by atoms with Crippen molar-refractivity contribution in [3.05, 3.63) is 34.9 Å². The van der Waals surface area contributed by atoms with Crippen molar-refractivity contribution in [2.75, 3.05) is 6.54 Å². The zero-order valence-electron chi connectivity index (χ0n) is 23.4. The van der Waals surface area contributed by atoms with Gasteiger partial charge in [0.15, 0.2) is 0 Å². The minimum Gasteiger partial charge on any atom is -0.444 e. The normalized spacial score (nSPS) is 13.8. The highest BCUT2D eigenvalue weighted by molar-refractivity contribution is 5.92. The van der Waals surface area contributed by atoms with Crippen LogP contribution in [-0.4, -0.2) is 47.0 Å². The Hall–Kier alpha value is -3.08. The minimum atomic E-state index is -1.02. The second-order valence-electron chi connectivity index (χ2n) is 10.9. The quantitative estimate of drug-likeness (QED) is 0.418. The van der Waals surface area contributed by atoms with E-state index in [1.54, 1.807) is 20.8 Å². The van der Waals surface area contributed by atoms with Gasteiger partial charge in [-0.1, -0.05) is 51.0 Å². The number of hydrogen-bond donors (Lipinski definition) is 2. The van der Waals surface area contributed by atoms with E-state index in [9.17, 15) is 19.6 Å². The highest BCUT2D eigenvalue weighted by Gasteiger charge is 2.37. The Morgan fingerprint density at radius 2 is 1.75 bits per heavy atom. The molecule has 1 aromatic rings. The average molecular weight is 501 g/mol. The van der Waals surface area contributed by atoms with E-state index < -0.39 is 29.7 Å². The van der Waals surface area contributed by atoms with E-state index in [-0.39, 0.29) is 24.4 Å². The lowest BCUT2D eigenvalue weighted by Gasteiger charge is -2.34. The van der Waals surface area contributed by atoms with E-state index in [4.69, 9.17) is 4.74 Å². The number of alkyl carbamates (subject to hydrolysis) is 1. The van der Waals surface area contributed by atoms with Crippen molar-refractivity contribution >= 4 is 17.9 Å². The van der Waals surface area contributed by atoms with Crippen molar-refractivity contribution in [3.63, 3.8) is 0 Å². The minimum absolute atomic E-state index is 0.0652. The van der Waals surface area contributed by atoms with Crippen molar-refractivity contribution < 1.29 is 19.1 Å². The van der Waals surface area contributed by atoms with E-state index in [1.807, 2.05) is 65.8 Å². The zero-order valence-corrected chi connectivity index (χ0v) is 23.4. The number of nitrogens with zero attached hydrogens (tertiary/aromatic N) is 2. The molecule has 0 saturated heterocycles. The first-order valence-corrected chi connectivity index (χ1v) is 12.7. The summed E-state index contributed by atoms with van der Waals surface area (Å²) in [6, 6.07) is 5.69. The van der Waals surface area contributed by atoms with Gasteiger partial charge in [-0.2, -0.15) is 5.26 Å². The summed E-state index contributed by atoms with van der Waals surface area (Å²) >= 11 is 0. The monoisotopic (exact) mass is 500 g/mol. The molecule has 0 aliphatic carbocycles. The van der Waals surface area contributed by atoms with Gasteiger partial charge in [-0.25, -0.2) is 4.79 Å². The molecule has 3 amide bonds. The van der Waals surface area contributed by atoms with Crippen LogP contribution in [0.5, 0.6) is 0 Å². The Morgan fingerprint density at radius 1 is 1.11 bits per heavy atom. The molecule has 36 heavy (non-hydrogen) atoms. The van der Waals surface area contributed by atoms with Gasteiger partial charge in [-0.05, 0) is 71.4 Å². The van der Waals surface area contributed by atoms with Gasteiger partial charge in [0.05, 0.1) is 6.07 Å². The Balaban J connectivity index is 3.53. The van der Waals surface area contributed by atoms with Crippen molar-refractivity contribution in [3.8, 4) is 6.07 Å². The number of nitrogens with one attached hydrogen (secondary N) is 2. The van der Waals surface area contributed by atoms with Gasteiger partial charge in [-0.15, -0.1) is 0 Å². The molecule has 0 fully saturated rings. The molecule has 0 aromatic heterocycles. The first-order valence-electron chi connectivity index (χ1n) is 12.7. The second-order valence-corrected chi connectivity index (χ2v) is 10.9. The fourth-order valence-electron chi connectivity index (χ4n) is 4.05. The standard InChI is InChI=1S/C28H44N4O4/c1-10-11-21(6)30-25(33)24(22-17-19(4)12-13-20(22)5)32(15-14-29)26(34)23(16-18(2)3)31-27(35)36-28(7,8)9/h12-13,17-18,21,23-24H,10-11,15-16H2,1-9H3,(H,30,33)(H,31,35). The maximum Gasteiger partial charge on any atom is 0.408 e. The molecular formula is C28H44N4O4. The Bertz CT molecular complexity index is 946. The van der Waals surface area contributed by atoms with Crippen LogP contribution in [0, 0.1) is 31.1 Å². The number of aryl methyl sites for hydroxylation is 2. The SMILES string of the molecule is CCCC(C)NC(=O)C(c1cc(C)ccc1C)N(CC#N)C(=O)C(CC(C)C)NC(=O)OC(C)(C)C. The van der Waals surface area contributed by atoms with Crippen LogP contribution in [0.2, 0.25) is 0 Å². The van der Waals surface area contributed by atoms with E-state index in [1.165, 1.54) is 4.90 Å². The van der Waals surface area contributed by atoms with Crippen LogP contribution in [0.1, 0.15) is 90.5 Å².